The van der Waals surface area contributed by atoms with Gasteiger partial charge in [-0.2, -0.15) is 0 Å². The SMILES string of the molecule is CCCC(=O)OC1CC1C(=O)OCC. The van der Waals surface area contributed by atoms with E-state index in [2.05, 4.69) is 0 Å². The normalized spacial score (nSPS) is 24.1. The van der Waals surface area contributed by atoms with Crippen molar-refractivity contribution in [2.75, 3.05) is 6.61 Å². The quantitative estimate of drug-likeness (QED) is 0.627. The second-order valence-corrected chi connectivity index (χ2v) is 3.37. The van der Waals surface area contributed by atoms with Crippen LogP contribution in [0.4, 0.5) is 0 Å². The zero-order chi connectivity index (χ0) is 10.6. The Labute approximate surface area is 83.6 Å². The first-order valence-electron chi connectivity index (χ1n) is 5.05. The van der Waals surface area contributed by atoms with E-state index in [-0.39, 0.29) is 24.0 Å². The molecule has 0 heterocycles. The van der Waals surface area contributed by atoms with Crippen LogP contribution in [0.5, 0.6) is 0 Å². The molecule has 4 heteroatoms. The van der Waals surface area contributed by atoms with Crippen molar-refractivity contribution in [3.8, 4) is 0 Å². The smallest absolute Gasteiger partial charge is 0.312 e. The number of carbonyl (C=O) groups is 2. The minimum absolute atomic E-state index is 0.212. The zero-order valence-corrected chi connectivity index (χ0v) is 8.62. The van der Waals surface area contributed by atoms with Gasteiger partial charge in [0.2, 0.25) is 0 Å². The van der Waals surface area contributed by atoms with E-state index in [1.54, 1.807) is 6.92 Å². The van der Waals surface area contributed by atoms with Crippen LogP contribution in [0.3, 0.4) is 0 Å². The summed E-state index contributed by atoms with van der Waals surface area (Å²) in [5.74, 6) is -0.679. The fourth-order valence-corrected chi connectivity index (χ4v) is 1.23. The van der Waals surface area contributed by atoms with E-state index in [0.29, 0.717) is 19.4 Å². The Hall–Kier alpha value is -1.06. The second-order valence-electron chi connectivity index (χ2n) is 3.37. The number of esters is 2. The van der Waals surface area contributed by atoms with Crippen LogP contribution >= 0.6 is 0 Å². The largest absolute Gasteiger partial charge is 0.466 e. The Morgan fingerprint density at radius 3 is 2.64 bits per heavy atom. The fourth-order valence-electron chi connectivity index (χ4n) is 1.23. The summed E-state index contributed by atoms with van der Waals surface area (Å²) in [5.41, 5.74) is 0. The molecule has 1 saturated carbocycles. The van der Waals surface area contributed by atoms with Crippen molar-refractivity contribution in [3.63, 3.8) is 0 Å². The van der Waals surface area contributed by atoms with Gasteiger partial charge in [0.25, 0.3) is 0 Å². The molecule has 0 spiro atoms. The minimum atomic E-state index is -0.248. The van der Waals surface area contributed by atoms with Gasteiger partial charge in [-0.25, -0.2) is 0 Å². The Morgan fingerprint density at radius 2 is 2.07 bits per heavy atom. The lowest BCUT2D eigenvalue weighted by molar-refractivity contribution is -0.149. The first kappa shape index (κ1) is 11.0. The predicted molar refractivity (Wildman–Crippen MR) is 49.5 cm³/mol. The van der Waals surface area contributed by atoms with Crippen molar-refractivity contribution in [1.29, 1.82) is 0 Å². The van der Waals surface area contributed by atoms with E-state index in [0.717, 1.165) is 6.42 Å². The molecule has 1 aliphatic rings. The highest BCUT2D eigenvalue weighted by molar-refractivity contribution is 5.78. The summed E-state index contributed by atoms with van der Waals surface area (Å²) in [5, 5.41) is 0. The second kappa shape index (κ2) is 4.98. The Bertz CT molecular complexity index is 224. The van der Waals surface area contributed by atoms with Gasteiger partial charge in [-0.1, -0.05) is 6.92 Å². The average molecular weight is 200 g/mol. The molecule has 14 heavy (non-hydrogen) atoms. The summed E-state index contributed by atoms with van der Waals surface area (Å²) in [4.78, 5) is 22.2. The van der Waals surface area contributed by atoms with E-state index in [1.165, 1.54) is 0 Å². The Balaban J connectivity index is 2.19. The van der Waals surface area contributed by atoms with E-state index >= 15 is 0 Å². The molecule has 0 amide bonds. The molecule has 0 saturated heterocycles. The Morgan fingerprint density at radius 1 is 1.36 bits per heavy atom. The van der Waals surface area contributed by atoms with Crippen molar-refractivity contribution in [2.45, 2.75) is 39.2 Å². The van der Waals surface area contributed by atoms with Crippen LogP contribution in [-0.4, -0.2) is 24.6 Å². The molecule has 2 unspecified atom stereocenters. The first-order valence-corrected chi connectivity index (χ1v) is 5.05. The van der Waals surface area contributed by atoms with Crippen LogP contribution in [0.25, 0.3) is 0 Å². The highest BCUT2D eigenvalue weighted by Gasteiger charge is 2.47. The van der Waals surface area contributed by atoms with Crippen molar-refractivity contribution in [3.05, 3.63) is 0 Å². The molecule has 1 aliphatic carbocycles. The minimum Gasteiger partial charge on any atom is -0.466 e. The first-order chi connectivity index (χ1) is 6.69. The molecule has 1 fully saturated rings. The van der Waals surface area contributed by atoms with Crippen molar-refractivity contribution >= 4 is 11.9 Å². The highest BCUT2D eigenvalue weighted by atomic mass is 16.6. The van der Waals surface area contributed by atoms with Crippen LogP contribution in [0.2, 0.25) is 0 Å². The van der Waals surface area contributed by atoms with Gasteiger partial charge < -0.3 is 9.47 Å². The maximum Gasteiger partial charge on any atom is 0.312 e. The molecule has 0 aromatic heterocycles. The third-order valence-corrected chi connectivity index (χ3v) is 2.06. The van der Waals surface area contributed by atoms with E-state index in [4.69, 9.17) is 9.47 Å². The van der Waals surface area contributed by atoms with Gasteiger partial charge in [-0.3, -0.25) is 9.59 Å². The summed E-state index contributed by atoms with van der Waals surface area (Å²) in [6, 6.07) is 0. The van der Waals surface area contributed by atoms with Gasteiger partial charge in [-0.05, 0) is 13.3 Å². The standard InChI is InChI=1S/C10H16O4/c1-3-5-9(11)14-8-6-7(8)10(12)13-4-2/h7-8H,3-6H2,1-2H3. The maximum atomic E-state index is 11.1. The Kier molecular flexibility index (Phi) is 3.92. The molecule has 0 bridgehead atoms. The molecule has 0 aromatic carbocycles. The van der Waals surface area contributed by atoms with Gasteiger partial charge in [0.15, 0.2) is 0 Å². The lowest BCUT2D eigenvalue weighted by Gasteiger charge is -2.02. The maximum absolute atomic E-state index is 11.1. The monoisotopic (exact) mass is 200 g/mol. The van der Waals surface area contributed by atoms with Crippen molar-refractivity contribution in [2.24, 2.45) is 5.92 Å². The number of hydrogen-bond acceptors (Lipinski definition) is 4. The molecular formula is C10H16O4. The van der Waals surface area contributed by atoms with E-state index < -0.39 is 0 Å². The van der Waals surface area contributed by atoms with Crippen LogP contribution in [0, 0.1) is 5.92 Å². The van der Waals surface area contributed by atoms with Gasteiger partial charge in [0.05, 0.1) is 12.5 Å². The van der Waals surface area contributed by atoms with Crippen LogP contribution < -0.4 is 0 Å². The van der Waals surface area contributed by atoms with Gasteiger partial charge in [0.1, 0.15) is 6.10 Å². The molecule has 0 aromatic rings. The molecule has 2 atom stereocenters. The summed E-state index contributed by atoms with van der Waals surface area (Å²) in [6.45, 7) is 4.06. The fraction of sp³-hybridized carbons (Fsp3) is 0.800. The van der Waals surface area contributed by atoms with E-state index in [1.807, 2.05) is 6.92 Å². The molecule has 80 valence electrons. The molecule has 4 nitrogen and oxygen atoms in total. The third kappa shape index (κ3) is 3.01. The number of ether oxygens (including phenoxy) is 2. The molecular weight excluding hydrogens is 184 g/mol. The van der Waals surface area contributed by atoms with Crippen LogP contribution in [0.15, 0.2) is 0 Å². The lowest BCUT2D eigenvalue weighted by atomic mass is 10.3. The number of rotatable bonds is 5. The predicted octanol–water partition coefficient (Wildman–Crippen LogP) is 1.28. The summed E-state index contributed by atoms with van der Waals surface area (Å²) >= 11 is 0. The number of carbonyl (C=O) groups excluding carboxylic acids is 2. The van der Waals surface area contributed by atoms with Crippen LogP contribution in [0.1, 0.15) is 33.1 Å². The van der Waals surface area contributed by atoms with Gasteiger partial charge in [0, 0.05) is 12.8 Å². The van der Waals surface area contributed by atoms with Gasteiger partial charge >= 0.3 is 11.9 Å². The van der Waals surface area contributed by atoms with Crippen molar-refractivity contribution in [1.82, 2.24) is 0 Å². The van der Waals surface area contributed by atoms with Crippen LogP contribution in [-0.2, 0) is 19.1 Å². The molecule has 0 radical (unpaired) electrons. The summed E-state index contributed by atoms with van der Waals surface area (Å²) in [7, 11) is 0. The average Bonchev–Trinajstić information content (AvgIpc) is 2.84. The summed E-state index contributed by atoms with van der Waals surface area (Å²) in [6.07, 6.45) is 1.59. The summed E-state index contributed by atoms with van der Waals surface area (Å²) < 4.78 is 9.85. The topological polar surface area (TPSA) is 52.6 Å². The highest BCUT2D eigenvalue weighted by Crippen LogP contribution is 2.35. The molecule has 1 rings (SSSR count). The van der Waals surface area contributed by atoms with Gasteiger partial charge in [-0.15, -0.1) is 0 Å². The van der Waals surface area contributed by atoms with Crippen molar-refractivity contribution < 1.29 is 19.1 Å². The lowest BCUT2D eigenvalue weighted by Crippen LogP contribution is -2.13. The molecule has 0 aliphatic heterocycles. The third-order valence-electron chi connectivity index (χ3n) is 2.06. The zero-order valence-electron chi connectivity index (χ0n) is 8.62. The number of hydrogen-bond donors (Lipinski definition) is 0. The molecule has 0 N–H and O–H groups in total. The van der Waals surface area contributed by atoms with E-state index in [9.17, 15) is 9.59 Å².